The van der Waals surface area contributed by atoms with Gasteiger partial charge in [0.25, 0.3) is 5.91 Å². The normalized spacial score (nSPS) is 23.1. The van der Waals surface area contributed by atoms with Gasteiger partial charge in [-0.1, -0.05) is 11.6 Å². The van der Waals surface area contributed by atoms with Crippen molar-refractivity contribution in [3.05, 3.63) is 21.3 Å². The Morgan fingerprint density at radius 1 is 1.45 bits per heavy atom. The minimum atomic E-state index is -4.91. The molecule has 0 aliphatic carbocycles. The molecule has 1 aliphatic rings. The molecule has 1 atom stereocenters. The van der Waals surface area contributed by atoms with Gasteiger partial charge in [0.2, 0.25) is 0 Å². The minimum absolute atomic E-state index is 0.120. The third kappa shape index (κ3) is 2.26. The standard InChI is InChI=1S/C11H9ClF3NO3S/c12-6-1-4-20-7(6)8(17)16-3-2-10(5-16,9(18)19)11(13,14)15/h1,4H,2-3,5H2,(H,18,19). The van der Waals surface area contributed by atoms with Crippen LogP contribution in [-0.4, -0.2) is 41.1 Å². The van der Waals surface area contributed by atoms with Crippen LogP contribution in [0.4, 0.5) is 13.2 Å². The van der Waals surface area contributed by atoms with Crippen molar-refractivity contribution in [2.24, 2.45) is 5.41 Å². The number of aliphatic carboxylic acids is 1. The molecular formula is C11H9ClF3NO3S. The molecule has 2 rings (SSSR count). The summed E-state index contributed by atoms with van der Waals surface area (Å²) in [6, 6.07) is 1.46. The molecule has 110 valence electrons. The van der Waals surface area contributed by atoms with Crippen LogP contribution in [0.3, 0.4) is 0 Å². The first-order valence-corrected chi connectivity index (χ1v) is 6.77. The highest BCUT2D eigenvalue weighted by Crippen LogP contribution is 2.46. The Hall–Kier alpha value is -1.28. The van der Waals surface area contributed by atoms with E-state index >= 15 is 0 Å². The lowest BCUT2D eigenvalue weighted by atomic mass is 9.86. The van der Waals surface area contributed by atoms with Gasteiger partial charge in [0, 0.05) is 13.1 Å². The number of carboxylic acid groups (broad SMARTS) is 1. The summed E-state index contributed by atoms with van der Waals surface area (Å²) in [6.07, 6.45) is -5.56. The average Bonchev–Trinajstić information content (AvgIpc) is 2.93. The molecular weight excluding hydrogens is 319 g/mol. The first kappa shape index (κ1) is 15.1. The van der Waals surface area contributed by atoms with E-state index in [1.165, 1.54) is 6.07 Å². The Bertz CT molecular complexity index is 559. The van der Waals surface area contributed by atoms with Crippen molar-refractivity contribution in [3.63, 3.8) is 0 Å². The molecule has 1 aliphatic heterocycles. The Morgan fingerprint density at radius 2 is 2.10 bits per heavy atom. The molecule has 1 aromatic rings. The summed E-state index contributed by atoms with van der Waals surface area (Å²) in [5.74, 6) is -2.63. The molecule has 4 nitrogen and oxygen atoms in total. The van der Waals surface area contributed by atoms with Gasteiger partial charge < -0.3 is 10.0 Å². The number of amides is 1. The van der Waals surface area contributed by atoms with Crippen molar-refractivity contribution in [1.29, 1.82) is 0 Å². The molecule has 20 heavy (non-hydrogen) atoms. The quantitative estimate of drug-likeness (QED) is 0.908. The van der Waals surface area contributed by atoms with Gasteiger partial charge in [0.15, 0.2) is 5.41 Å². The van der Waals surface area contributed by atoms with E-state index in [0.717, 1.165) is 16.2 Å². The lowest BCUT2D eigenvalue weighted by molar-refractivity contribution is -0.227. The van der Waals surface area contributed by atoms with E-state index in [2.05, 4.69) is 0 Å². The van der Waals surface area contributed by atoms with Gasteiger partial charge in [-0.3, -0.25) is 9.59 Å². The maximum absolute atomic E-state index is 13.0. The van der Waals surface area contributed by atoms with Crippen molar-refractivity contribution >= 4 is 34.8 Å². The molecule has 1 unspecified atom stereocenters. The van der Waals surface area contributed by atoms with E-state index in [1.807, 2.05) is 0 Å². The van der Waals surface area contributed by atoms with Gasteiger partial charge in [-0.25, -0.2) is 0 Å². The summed E-state index contributed by atoms with van der Waals surface area (Å²) in [7, 11) is 0. The van der Waals surface area contributed by atoms with Crippen molar-refractivity contribution in [3.8, 4) is 0 Å². The number of hydrogen-bond acceptors (Lipinski definition) is 3. The Labute approximate surface area is 120 Å². The van der Waals surface area contributed by atoms with Gasteiger partial charge in [0.05, 0.1) is 5.02 Å². The highest BCUT2D eigenvalue weighted by molar-refractivity contribution is 7.12. The fraction of sp³-hybridized carbons (Fsp3) is 0.455. The van der Waals surface area contributed by atoms with Gasteiger partial charge in [-0.05, 0) is 17.9 Å². The van der Waals surface area contributed by atoms with Crippen LogP contribution in [0.5, 0.6) is 0 Å². The molecule has 0 aromatic carbocycles. The summed E-state index contributed by atoms with van der Waals surface area (Å²) in [4.78, 5) is 24.1. The minimum Gasteiger partial charge on any atom is -0.481 e. The fourth-order valence-corrected chi connectivity index (χ4v) is 3.20. The van der Waals surface area contributed by atoms with Gasteiger partial charge >= 0.3 is 12.1 Å². The maximum Gasteiger partial charge on any atom is 0.406 e. The molecule has 1 aromatic heterocycles. The van der Waals surface area contributed by atoms with Crippen LogP contribution in [0.15, 0.2) is 11.4 Å². The lowest BCUT2D eigenvalue weighted by Crippen LogP contribution is -2.47. The number of nitrogens with zero attached hydrogens (tertiary/aromatic N) is 1. The van der Waals surface area contributed by atoms with Crippen LogP contribution in [-0.2, 0) is 4.79 Å². The highest BCUT2D eigenvalue weighted by atomic mass is 35.5. The van der Waals surface area contributed by atoms with Gasteiger partial charge in [-0.15, -0.1) is 11.3 Å². The lowest BCUT2D eigenvalue weighted by Gasteiger charge is -2.27. The number of thiophene rings is 1. The van der Waals surface area contributed by atoms with Crippen molar-refractivity contribution in [2.45, 2.75) is 12.6 Å². The largest absolute Gasteiger partial charge is 0.481 e. The zero-order chi connectivity index (χ0) is 15.1. The highest BCUT2D eigenvalue weighted by Gasteiger charge is 2.64. The number of carboxylic acids is 1. The Morgan fingerprint density at radius 3 is 2.50 bits per heavy atom. The van der Waals surface area contributed by atoms with Gasteiger partial charge in [-0.2, -0.15) is 13.2 Å². The molecule has 0 saturated carbocycles. The van der Waals surface area contributed by atoms with E-state index in [0.29, 0.717) is 0 Å². The molecule has 0 spiro atoms. The zero-order valence-corrected chi connectivity index (χ0v) is 11.5. The molecule has 0 radical (unpaired) electrons. The third-order valence-corrected chi connectivity index (χ3v) is 4.65. The Balaban J connectivity index is 2.26. The number of carbonyl (C=O) groups is 2. The van der Waals surface area contributed by atoms with Crippen LogP contribution >= 0.6 is 22.9 Å². The number of hydrogen-bond donors (Lipinski definition) is 1. The summed E-state index contributed by atoms with van der Waals surface area (Å²) in [5, 5.41) is 10.6. The second-order valence-electron chi connectivity index (χ2n) is 4.46. The summed E-state index contributed by atoms with van der Waals surface area (Å²) >= 11 is 6.77. The second-order valence-corrected chi connectivity index (χ2v) is 5.78. The molecule has 1 saturated heterocycles. The predicted octanol–water partition coefficient (Wildman–Crippen LogP) is 2.88. The fourth-order valence-electron chi connectivity index (χ4n) is 2.10. The Kier molecular flexibility index (Phi) is 3.72. The van der Waals surface area contributed by atoms with E-state index < -0.39 is 36.4 Å². The predicted molar refractivity (Wildman–Crippen MR) is 66.0 cm³/mol. The van der Waals surface area contributed by atoms with E-state index in [-0.39, 0.29) is 16.4 Å². The van der Waals surface area contributed by atoms with Gasteiger partial charge in [0.1, 0.15) is 4.88 Å². The summed E-state index contributed by atoms with van der Waals surface area (Å²) < 4.78 is 38.9. The van der Waals surface area contributed by atoms with Crippen LogP contribution in [0, 0.1) is 5.41 Å². The molecule has 0 bridgehead atoms. The van der Waals surface area contributed by atoms with E-state index in [4.69, 9.17) is 16.7 Å². The summed E-state index contributed by atoms with van der Waals surface area (Å²) in [6.45, 7) is -1.15. The smallest absolute Gasteiger partial charge is 0.406 e. The SMILES string of the molecule is O=C(c1sccc1Cl)N1CCC(C(=O)O)(C(F)(F)F)C1. The van der Waals surface area contributed by atoms with Crippen molar-refractivity contribution < 1.29 is 27.9 Å². The molecule has 1 fully saturated rings. The monoisotopic (exact) mass is 327 g/mol. The van der Waals surface area contributed by atoms with Crippen LogP contribution in [0.1, 0.15) is 16.1 Å². The van der Waals surface area contributed by atoms with Crippen molar-refractivity contribution in [2.75, 3.05) is 13.1 Å². The number of likely N-dealkylation sites (tertiary alicyclic amines) is 1. The molecule has 9 heteroatoms. The summed E-state index contributed by atoms with van der Waals surface area (Å²) in [5.41, 5.74) is -2.90. The second kappa shape index (κ2) is 4.92. The first-order valence-electron chi connectivity index (χ1n) is 5.51. The van der Waals surface area contributed by atoms with E-state index in [9.17, 15) is 22.8 Å². The van der Waals surface area contributed by atoms with Crippen molar-refractivity contribution in [1.82, 2.24) is 4.90 Å². The number of rotatable bonds is 2. The zero-order valence-electron chi connectivity index (χ0n) is 9.91. The molecule has 2 heterocycles. The maximum atomic E-state index is 13.0. The van der Waals surface area contributed by atoms with Crippen LogP contribution in [0.25, 0.3) is 0 Å². The van der Waals surface area contributed by atoms with E-state index in [1.54, 1.807) is 5.38 Å². The average molecular weight is 328 g/mol. The first-order chi connectivity index (χ1) is 9.19. The molecule has 1 N–H and O–H groups in total. The van der Waals surface area contributed by atoms with Crippen LogP contribution in [0.2, 0.25) is 5.02 Å². The topological polar surface area (TPSA) is 57.6 Å². The third-order valence-electron chi connectivity index (χ3n) is 3.32. The number of halogens is 4. The number of alkyl halides is 3. The van der Waals surface area contributed by atoms with Crippen LogP contribution < -0.4 is 0 Å². The molecule has 1 amide bonds. The number of carbonyl (C=O) groups excluding carboxylic acids is 1.